The van der Waals surface area contributed by atoms with Crippen LogP contribution in [0.2, 0.25) is 0 Å². The minimum absolute atomic E-state index is 0.260. The van der Waals surface area contributed by atoms with Gasteiger partial charge in [0.25, 0.3) is 0 Å². The molecule has 1 heterocycles. The maximum absolute atomic E-state index is 12.2. The maximum Gasteiger partial charge on any atom is 0.198 e. The number of ether oxygens (including phenoxy) is 2. The molecule has 0 aliphatic carbocycles. The fourth-order valence-electron chi connectivity index (χ4n) is 2.06. The summed E-state index contributed by atoms with van der Waals surface area (Å²) < 4.78 is 10.4. The standard InChI is InChI=1S/C15H22O9/c1-4-9(12(20)10(18)6(2)8(17)5-16)24-15-14(22)13(21)11(19)7(3)23-15/h4-5,7,9-11,13-19,21-22H,1-2H2,3H3/b8-5-/t7?,9-,10?,11-,13?,14?,15-/m0/s1. The Hall–Kier alpha value is -1.75. The summed E-state index contributed by atoms with van der Waals surface area (Å²) >= 11 is 0. The van der Waals surface area contributed by atoms with Crippen LogP contribution in [0, 0.1) is 0 Å². The number of rotatable bonds is 7. The van der Waals surface area contributed by atoms with E-state index >= 15 is 0 Å². The van der Waals surface area contributed by atoms with Crippen molar-refractivity contribution in [2.75, 3.05) is 0 Å². The molecule has 1 rings (SSSR count). The van der Waals surface area contributed by atoms with Crippen LogP contribution in [0.25, 0.3) is 0 Å². The normalized spacial score (nSPS) is 33.5. The molecule has 1 aliphatic heterocycles. The highest BCUT2D eigenvalue weighted by atomic mass is 16.7. The van der Waals surface area contributed by atoms with Crippen molar-refractivity contribution in [3.05, 3.63) is 36.8 Å². The molecule has 0 saturated carbocycles. The SMILES string of the molecule is C=C[C@H](O[C@@H]1OC(C)[C@H](O)C(O)C1O)C(=O)C(O)C(=C)/C(O)=C/O. The topological polar surface area (TPSA) is 157 Å². The van der Waals surface area contributed by atoms with E-state index in [-0.39, 0.29) is 6.26 Å². The van der Waals surface area contributed by atoms with Crippen LogP contribution >= 0.6 is 0 Å². The smallest absolute Gasteiger partial charge is 0.198 e. The average Bonchev–Trinajstić information content (AvgIpc) is 2.59. The quantitative estimate of drug-likeness (QED) is 0.190. The monoisotopic (exact) mass is 346 g/mol. The van der Waals surface area contributed by atoms with E-state index in [2.05, 4.69) is 13.2 Å². The summed E-state index contributed by atoms with van der Waals surface area (Å²) in [5.41, 5.74) is -0.466. The third-order valence-corrected chi connectivity index (χ3v) is 3.63. The lowest BCUT2D eigenvalue weighted by molar-refractivity contribution is -0.297. The number of hydrogen-bond donors (Lipinski definition) is 6. The second kappa shape index (κ2) is 8.38. The average molecular weight is 346 g/mol. The van der Waals surface area contributed by atoms with Gasteiger partial charge in [-0.15, -0.1) is 6.58 Å². The van der Waals surface area contributed by atoms with Gasteiger partial charge in [-0.3, -0.25) is 4.79 Å². The lowest BCUT2D eigenvalue weighted by atomic mass is 9.99. The Morgan fingerprint density at radius 2 is 1.83 bits per heavy atom. The van der Waals surface area contributed by atoms with E-state index in [0.29, 0.717) is 0 Å². The van der Waals surface area contributed by atoms with Gasteiger partial charge in [0.1, 0.15) is 36.8 Å². The van der Waals surface area contributed by atoms with Gasteiger partial charge >= 0.3 is 0 Å². The van der Waals surface area contributed by atoms with Gasteiger partial charge in [-0.05, 0) is 6.92 Å². The van der Waals surface area contributed by atoms with Crippen molar-refractivity contribution in [3.63, 3.8) is 0 Å². The third-order valence-electron chi connectivity index (χ3n) is 3.63. The summed E-state index contributed by atoms with van der Waals surface area (Å²) in [4.78, 5) is 12.2. The van der Waals surface area contributed by atoms with E-state index < -0.39 is 60.0 Å². The molecule has 1 aliphatic rings. The molecular formula is C15H22O9. The van der Waals surface area contributed by atoms with Crippen molar-refractivity contribution >= 4 is 5.78 Å². The Kier molecular flexibility index (Phi) is 7.08. The third kappa shape index (κ3) is 4.20. The van der Waals surface area contributed by atoms with Crippen molar-refractivity contribution in [1.29, 1.82) is 0 Å². The first-order valence-electron chi connectivity index (χ1n) is 7.07. The van der Waals surface area contributed by atoms with E-state index in [1.807, 2.05) is 0 Å². The number of hydrogen-bond acceptors (Lipinski definition) is 9. The molecule has 9 nitrogen and oxygen atoms in total. The highest BCUT2D eigenvalue weighted by Gasteiger charge is 2.44. The van der Waals surface area contributed by atoms with Crippen LogP contribution in [-0.2, 0) is 14.3 Å². The molecule has 9 heteroatoms. The molecule has 6 N–H and O–H groups in total. The molecule has 0 spiro atoms. The molecule has 136 valence electrons. The van der Waals surface area contributed by atoms with E-state index in [1.54, 1.807) is 0 Å². The number of carbonyl (C=O) groups is 1. The maximum atomic E-state index is 12.2. The summed E-state index contributed by atoms with van der Waals surface area (Å²) in [6, 6.07) is 0. The molecular weight excluding hydrogens is 324 g/mol. The molecule has 0 aromatic rings. The van der Waals surface area contributed by atoms with Crippen LogP contribution in [0.4, 0.5) is 0 Å². The van der Waals surface area contributed by atoms with Crippen LogP contribution in [0.1, 0.15) is 6.92 Å². The summed E-state index contributed by atoms with van der Waals surface area (Å²) in [7, 11) is 0. The Labute approximate surface area is 138 Å². The zero-order chi connectivity index (χ0) is 18.6. The van der Waals surface area contributed by atoms with Crippen LogP contribution in [0.15, 0.2) is 36.8 Å². The summed E-state index contributed by atoms with van der Waals surface area (Å²) in [5.74, 6) is -1.78. The summed E-state index contributed by atoms with van der Waals surface area (Å²) in [5, 5.41) is 56.9. The van der Waals surface area contributed by atoms with Crippen molar-refractivity contribution in [2.45, 2.75) is 49.8 Å². The van der Waals surface area contributed by atoms with E-state index in [0.717, 1.165) is 6.08 Å². The molecule has 0 bridgehead atoms. The lowest BCUT2D eigenvalue weighted by Crippen LogP contribution is -2.58. The molecule has 24 heavy (non-hydrogen) atoms. The van der Waals surface area contributed by atoms with E-state index in [1.165, 1.54) is 6.92 Å². The molecule has 0 aromatic heterocycles. The summed E-state index contributed by atoms with van der Waals surface area (Å²) in [6.45, 7) is 8.07. The lowest BCUT2D eigenvalue weighted by Gasteiger charge is -2.39. The number of ketones is 1. The van der Waals surface area contributed by atoms with Gasteiger partial charge in [-0.2, -0.15) is 0 Å². The fraction of sp³-hybridized carbons (Fsp3) is 0.533. The van der Waals surface area contributed by atoms with Gasteiger partial charge in [0.15, 0.2) is 17.8 Å². The van der Waals surface area contributed by atoms with Gasteiger partial charge in [0.05, 0.1) is 6.10 Å². The zero-order valence-corrected chi connectivity index (χ0v) is 13.0. The van der Waals surface area contributed by atoms with Gasteiger partial charge in [-0.1, -0.05) is 12.7 Å². The minimum atomic E-state index is -1.91. The Bertz CT molecular complexity index is 515. The molecule has 0 aromatic carbocycles. The fourth-order valence-corrected chi connectivity index (χ4v) is 2.06. The Morgan fingerprint density at radius 1 is 1.25 bits per heavy atom. The molecule has 1 saturated heterocycles. The van der Waals surface area contributed by atoms with Gasteiger partial charge in [0.2, 0.25) is 0 Å². The van der Waals surface area contributed by atoms with Gasteiger partial charge in [-0.25, -0.2) is 0 Å². The van der Waals surface area contributed by atoms with Crippen molar-refractivity contribution < 1.29 is 44.9 Å². The van der Waals surface area contributed by atoms with Gasteiger partial charge < -0.3 is 40.1 Å². The number of Topliss-reactive ketones (excluding diaryl/α,β-unsaturated/α-hetero) is 1. The first kappa shape index (κ1) is 20.3. The van der Waals surface area contributed by atoms with Crippen molar-refractivity contribution in [3.8, 4) is 0 Å². The number of aliphatic hydroxyl groups is 6. The second-order valence-electron chi connectivity index (χ2n) is 5.32. The number of carbonyl (C=O) groups excluding carboxylic acids is 1. The largest absolute Gasteiger partial charge is 0.512 e. The van der Waals surface area contributed by atoms with Crippen LogP contribution in [0.3, 0.4) is 0 Å². The Morgan fingerprint density at radius 3 is 2.33 bits per heavy atom. The van der Waals surface area contributed by atoms with Crippen molar-refractivity contribution in [1.82, 2.24) is 0 Å². The minimum Gasteiger partial charge on any atom is -0.512 e. The predicted octanol–water partition coefficient (Wildman–Crippen LogP) is -1.17. The zero-order valence-electron chi connectivity index (χ0n) is 13.0. The van der Waals surface area contributed by atoms with Gasteiger partial charge in [0, 0.05) is 5.57 Å². The van der Waals surface area contributed by atoms with E-state index in [9.17, 15) is 30.3 Å². The highest BCUT2D eigenvalue weighted by molar-refractivity contribution is 5.91. The number of aliphatic hydroxyl groups excluding tert-OH is 6. The Balaban J connectivity index is 2.85. The molecule has 7 atom stereocenters. The highest BCUT2D eigenvalue weighted by Crippen LogP contribution is 2.24. The molecule has 4 unspecified atom stereocenters. The molecule has 0 radical (unpaired) electrons. The molecule has 0 amide bonds. The first-order valence-corrected chi connectivity index (χ1v) is 7.07. The summed E-state index contributed by atoms with van der Waals surface area (Å²) in [6.07, 6.45) is -8.99. The molecule has 1 fully saturated rings. The van der Waals surface area contributed by atoms with E-state index in [4.69, 9.17) is 14.6 Å². The first-order chi connectivity index (χ1) is 11.1. The van der Waals surface area contributed by atoms with Crippen LogP contribution in [-0.4, -0.2) is 79.3 Å². The van der Waals surface area contributed by atoms with Crippen LogP contribution < -0.4 is 0 Å². The predicted molar refractivity (Wildman–Crippen MR) is 80.9 cm³/mol. The second-order valence-corrected chi connectivity index (χ2v) is 5.32. The van der Waals surface area contributed by atoms with Crippen LogP contribution in [0.5, 0.6) is 0 Å². The van der Waals surface area contributed by atoms with Crippen molar-refractivity contribution in [2.24, 2.45) is 0 Å².